The summed E-state index contributed by atoms with van der Waals surface area (Å²) in [6.07, 6.45) is 0. The molecule has 1 N–H and O–H groups in total. The smallest absolute Gasteiger partial charge is 0.247 e. The highest BCUT2D eigenvalue weighted by atomic mass is 16.5. The van der Waals surface area contributed by atoms with E-state index in [1.165, 1.54) is 0 Å². The van der Waals surface area contributed by atoms with Gasteiger partial charge in [-0.2, -0.15) is 5.10 Å². The maximum absolute atomic E-state index is 12.9. The van der Waals surface area contributed by atoms with Crippen molar-refractivity contribution in [1.82, 2.24) is 20.1 Å². The molecular weight excluding hydrogens is 382 g/mol. The normalized spacial score (nSPS) is 20.8. The van der Waals surface area contributed by atoms with Gasteiger partial charge in [0.2, 0.25) is 5.91 Å². The van der Waals surface area contributed by atoms with Crippen LogP contribution in [-0.4, -0.2) is 47.0 Å². The number of fused-ring (bicyclic) bond motifs is 2. The van der Waals surface area contributed by atoms with Gasteiger partial charge in [0.1, 0.15) is 31.0 Å². The number of hydrogen-bond donors (Lipinski definition) is 1. The van der Waals surface area contributed by atoms with Gasteiger partial charge in [0, 0.05) is 7.05 Å². The van der Waals surface area contributed by atoms with Gasteiger partial charge in [-0.15, -0.1) is 0 Å². The first-order chi connectivity index (χ1) is 14.7. The molecule has 1 unspecified atom stereocenters. The number of anilines is 1. The molecule has 1 amide bonds. The number of carbonyl (C=O) groups is 1. The summed E-state index contributed by atoms with van der Waals surface area (Å²) in [4.78, 5) is 19.1. The number of nitrogens with zero attached hydrogens (tertiary/aromatic N) is 4. The van der Waals surface area contributed by atoms with Crippen molar-refractivity contribution in [3.8, 4) is 5.75 Å². The lowest BCUT2D eigenvalue weighted by Gasteiger charge is -2.23. The molecule has 1 aromatic heterocycles. The highest BCUT2D eigenvalue weighted by molar-refractivity contribution is 5.98. The van der Waals surface area contributed by atoms with E-state index >= 15 is 0 Å². The maximum Gasteiger partial charge on any atom is 0.247 e. The number of nitrogens with one attached hydrogen (secondary N) is 1. The molecule has 8 heteroatoms. The lowest BCUT2D eigenvalue weighted by Crippen LogP contribution is -2.46. The third-order valence-corrected chi connectivity index (χ3v) is 5.50. The standard InChI is InChI=1S/C22H23N5O3/c1-26-17-9-5-6-10-19(17)30-12-16(22(26)28)23-11-20-24-21-14-29-13-18(27(21)25-20)15-7-3-2-4-8-15/h2-10,16,18,23H,11-14H2,1H3/t16-,18?/m0/s1. The Morgan fingerprint density at radius 2 is 1.90 bits per heavy atom. The van der Waals surface area contributed by atoms with Crippen LogP contribution in [0.2, 0.25) is 0 Å². The summed E-state index contributed by atoms with van der Waals surface area (Å²) in [5, 5.41) is 7.96. The Kier molecular flexibility index (Phi) is 4.94. The highest BCUT2D eigenvalue weighted by Crippen LogP contribution is 2.30. The number of hydrogen-bond acceptors (Lipinski definition) is 6. The van der Waals surface area contributed by atoms with Crippen molar-refractivity contribution in [2.75, 3.05) is 25.2 Å². The SMILES string of the molecule is CN1C(=O)[C@@H](NCc2nc3n(n2)C(c2ccccc2)COC3)COc2ccccc21. The molecule has 2 aliphatic rings. The van der Waals surface area contributed by atoms with Crippen LogP contribution >= 0.6 is 0 Å². The van der Waals surface area contributed by atoms with Gasteiger partial charge in [0.25, 0.3) is 0 Å². The van der Waals surface area contributed by atoms with Gasteiger partial charge in [-0.25, -0.2) is 9.67 Å². The van der Waals surface area contributed by atoms with E-state index in [2.05, 4.69) is 22.4 Å². The van der Waals surface area contributed by atoms with Crippen LogP contribution in [-0.2, 0) is 22.7 Å². The number of carbonyl (C=O) groups excluding carboxylic acids is 1. The van der Waals surface area contributed by atoms with Gasteiger partial charge >= 0.3 is 0 Å². The maximum atomic E-state index is 12.9. The number of ether oxygens (including phenoxy) is 2. The Morgan fingerprint density at radius 1 is 1.10 bits per heavy atom. The van der Waals surface area contributed by atoms with Crippen molar-refractivity contribution in [3.05, 3.63) is 71.8 Å². The number of likely N-dealkylation sites (N-methyl/N-ethyl adjacent to an activating group) is 1. The molecule has 0 spiro atoms. The second-order valence-electron chi connectivity index (χ2n) is 7.44. The van der Waals surface area contributed by atoms with E-state index < -0.39 is 6.04 Å². The quantitative estimate of drug-likeness (QED) is 0.714. The Bertz CT molecular complexity index is 1050. The first-order valence-corrected chi connectivity index (χ1v) is 10.0. The van der Waals surface area contributed by atoms with E-state index in [-0.39, 0.29) is 18.6 Å². The number of rotatable bonds is 4. The van der Waals surface area contributed by atoms with E-state index in [1.54, 1.807) is 11.9 Å². The van der Waals surface area contributed by atoms with E-state index in [9.17, 15) is 4.79 Å². The molecule has 0 saturated heterocycles. The largest absolute Gasteiger partial charge is 0.489 e. The van der Waals surface area contributed by atoms with E-state index in [0.717, 1.165) is 17.1 Å². The zero-order chi connectivity index (χ0) is 20.5. The molecule has 2 aromatic carbocycles. The fourth-order valence-electron chi connectivity index (χ4n) is 3.89. The first-order valence-electron chi connectivity index (χ1n) is 10.0. The van der Waals surface area contributed by atoms with Crippen LogP contribution in [0.15, 0.2) is 54.6 Å². The molecule has 5 rings (SSSR count). The third-order valence-electron chi connectivity index (χ3n) is 5.50. The van der Waals surface area contributed by atoms with E-state index in [1.807, 2.05) is 47.1 Å². The van der Waals surface area contributed by atoms with Crippen molar-refractivity contribution < 1.29 is 14.3 Å². The second kappa shape index (κ2) is 7.89. The molecule has 2 aliphatic heterocycles. The molecule has 0 radical (unpaired) electrons. The predicted molar refractivity (Wildman–Crippen MR) is 110 cm³/mol. The summed E-state index contributed by atoms with van der Waals surface area (Å²) < 4.78 is 13.5. The summed E-state index contributed by atoms with van der Waals surface area (Å²) in [6, 6.07) is 17.2. The lowest BCUT2D eigenvalue weighted by atomic mass is 10.1. The summed E-state index contributed by atoms with van der Waals surface area (Å²) in [5.74, 6) is 2.08. The Labute approximate surface area is 174 Å². The summed E-state index contributed by atoms with van der Waals surface area (Å²) in [6.45, 7) is 1.61. The molecule has 3 heterocycles. The van der Waals surface area contributed by atoms with Crippen LogP contribution in [0.25, 0.3) is 0 Å². The minimum absolute atomic E-state index is 0.000298. The van der Waals surface area contributed by atoms with Crippen molar-refractivity contribution in [2.45, 2.75) is 25.2 Å². The van der Waals surface area contributed by atoms with Crippen LogP contribution in [0.4, 0.5) is 5.69 Å². The van der Waals surface area contributed by atoms with Gasteiger partial charge in [0.05, 0.1) is 18.8 Å². The molecule has 0 aliphatic carbocycles. The minimum Gasteiger partial charge on any atom is -0.489 e. The van der Waals surface area contributed by atoms with Gasteiger partial charge < -0.3 is 14.4 Å². The monoisotopic (exact) mass is 405 g/mol. The summed E-state index contributed by atoms with van der Waals surface area (Å²) >= 11 is 0. The molecule has 0 saturated carbocycles. The highest BCUT2D eigenvalue weighted by Gasteiger charge is 2.30. The van der Waals surface area contributed by atoms with Crippen molar-refractivity contribution in [2.24, 2.45) is 0 Å². The van der Waals surface area contributed by atoms with Gasteiger partial charge in [0.15, 0.2) is 11.6 Å². The van der Waals surface area contributed by atoms with Gasteiger partial charge in [-0.05, 0) is 17.7 Å². The van der Waals surface area contributed by atoms with Crippen LogP contribution in [0.3, 0.4) is 0 Å². The fourth-order valence-corrected chi connectivity index (χ4v) is 3.89. The van der Waals surface area contributed by atoms with Crippen molar-refractivity contribution in [1.29, 1.82) is 0 Å². The molecule has 3 aromatic rings. The molecule has 154 valence electrons. The first kappa shape index (κ1) is 18.8. The molecule has 2 atom stereocenters. The topological polar surface area (TPSA) is 81.5 Å². The molecule has 0 bridgehead atoms. The number of amides is 1. The van der Waals surface area contributed by atoms with Gasteiger partial charge in [-0.3, -0.25) is 10.1 Å². The van der Waals surface area contributed by atoms with Crippen LogP contribution < -0.4 is 15.0 Å². The number of benzene rings is 2. The summed E-state index contributed by atoms with van der Waals surface area (Å²) in [5.41, 5.74) is 1.90. The Morgan fingerprint density at radius 3 is 2.77 bits per heavy atom. The van der Waals surface area contributed by atoms with Gasteiger partial charge in [-0.1, -0.05) is 42.5 Å². The van der Waals surface area contributed by atoms with Crippen LogP contribution in [0, 0.1) is 0 Å². The average molecular weight is 405 g/mol. The fraction of sp³-hybridized carbons (Fsp3) is 0.318. The molecule has 30 heavy (non-hydrogen) atoms. The van der Waals surface area contributed by atoms with Crippen LogP contribution in [0.5, 0.6) is 5.75 Å². The Hall–Kier alpha value is -3.23. The lowest BCUT2D eigenvalue weighted by molar-refractivity contribution is -0.120. The second-order valence-corrected chi connectivity index (χ2v) is 7.44. The van der Waals surface area contributed by atoms with Crippen molar-refractivity contribution >= 4 is 11.6 Å². The third kappa shape index (κ3) is 3.44. The zero-order valence-corrected chi connectivity index (χ0v) is 16.7. The zero-order valence-electron chi connectivity index (χ0n) is 16.7. The molecule has 0 fully saturated rings. The molecule has 8 nitrogen and oxygen atoms in total. The van der Waals surface area contributed by atoms with Crippen LogP contribution in [0.1, 0.15) is 23.3 Å². The Balaban J connectivity index is 1.31. The van der Waals surface area contributed by atoms with E-state index in [4.69, 9.17) is 14.6 Å². The van der Waals surface area contributed by atoms with Crippen molar-refractivity contribution in [3.63, 3.8) is 0 Å². The average Bonchev–Trinajstić information content (AvgIpc) is 3.17. The minimum atomic E-state index is -0.482. The number of para-hydroxylation sites is 2. The molecular formula is C22H23N5O3. The predicted octanol–water partition coefficient (Wildman–Crippen LogP) is 1.91. The van der Waals surface area contributed by atoms with E-state index in [0.29, 0.717) is 31.3 Å². The summed E-state index contributed by atoms with van der Waals surface area (Å²) in [7, 11) is 1.76. The number of aromatic nitrogens is 3.